The Labute approximate surface area is 122 Å². The Bertz CT molecular complexity index is 564. The fourth-order valence-electron chi connectivity index (χ4n) is 2.13. The maximum absolute atomic E-state index is 13.4. The van der Waals surface area contributed by atoms with E-state index in [1.807, 2.05) is 19.1 Å². The van der Waals surface area contributed by atoms with Crippen LogP contribution < -0.4 is 5.32 Å². The Kier molecular flexibility index (Phi) is 5.33. The normalized spacial score (nSPS) is 12.4. The van der Waals surface area contributed by atoms with Crippen molar-refractivity contribution >= 4 is 0 Å². The molecule has 0 aliphatic rings. The molecule has 0 fully saturated rings. The van der Waals surface area contributed by atoms with Crippen LogP contribution >= 0.6 is 0 Å². The summed E-state index contributed by atoms with van der Waals surface area (Å²) in [4.78, 5) is 4.21. The first kappa shape index (κ1) is 15.5. The molecule has 112 valence electrons. The van der Waals surface area contributed by atoms with Crippen LogP contribution in [0.5, 0.6) is 0 Å². The Hall–Kier alpha value is -1.88. The highest BCUT2D eigenvalue weighted by molar-refractivity contribution is 5.24. The second-order valence-corrected chi connectivity index (χ2v) is 4.83. The van der Waals surface area contributed by atoms with Crippen molar-refractivity contribution in [3.8, 4) is 0 Å². The molecule has 0 amide bonds. The van der Waals surface area contributed by atoms with E-state index in [4.69, 9.17) is 0 Å². The van der Waals surface area contributed by atoms with Crippen molar-refractivity contribution in [2.45, 2.75) is 25.8 Å². The largest absolute Gasteiger partial charge is 0.310 e. The molecule has 5 heteroatoms. The lowest BCUT2D eigenvalue weighted by atomic mass is 10.0. The molecule has 2 nitrogen and oxygen atoms in total. The second kappa shape index (κ2) is 7.22. The summed E-state index contributed by atoms with van der Waals surface area (Å²) in [7, 11) is 0. The third-order valence-corrected chi connectivity index (χ3v) is 3.19. The third kappa shape index (κ3) is 4.04. The Morgan fingerprint density at radius 3 is 2.43 bits per heavy atom. The highest BCUT2D eigenvalue weighted by atomic mass is 19.2. The first-order chi connectivity index (χ1) is 10.1. The number of nitrogens with one attached hydrogen (secondary N) is 1. The van der Waals surface area contributed by atoms with Gasteiger partial charge in [0.2, 0.25) is 0 Å². The van der Waals surface area contributed by atoms with Crippen molar-refractivity contribution in [3.63, 3.8) is 0 Å². The van der Waals surface area contributed by atoms with Crippen molar-refractivity contribution < 1.29 is 13.2 Å². The van der Waals surface area contributed by atoms with Crippen molar-refractivity contribution in [2.75, 3.05) is 6.54 Å². The fourth-order valence-corrected chi connectivity index (χ4v) is 2.13. The summed E-state index contributed by atoms with van der Waals surface area (Å²) in [5.41, 5.74) is 1.18. The van der Waals surface area contributed by atoms with Crippen LogP contribution in [0.3, 0.4) is 0 Å². The summed E-state index contributed by atoms with van der Waals surface area (Å²) >= 11 is 0. The van der Waals surface area contributed by atoms with Gasteiger partial charge in [-0.2, -0.15) is 0 Å². The van der Waals surface area contributed by atoms with Crippen LogP contribution in [-0.4, -0.2) is 11.5 Å². The van der Waals surface area contributed by atoms with E-state index >= 15 is 0 Å². The Morgan fingerprint density at radius 1 is 1.14 bits per heavy atom. The van der Waals surface area contributed by atoms with Gasteiger partial charge in [-0.05, 0) is 42.8 Å². The van der Waals surface area contributed by atoms with Gasteiger partial charge in [0.1, 0.15) is 0 Å². The van der Waals surface area contributed by atoms with Gasteiger partial charge in [-0.3, -0.25) is 4.98 Å². The monoisotopic (exact) mass is 294 g/mol. The van der Waals surface area contributed by atoms with Gasteiger partial charge < -0.3 is 5.32 Å². The van der Waals surface area contributed by atoms with Gasteiger partial charge in [-0.1, -0.05) is 13.0 Å². The molecule has 1 unspecified atom stereocenters. The summed E-state index contributed by atoms with van der Waals surface area (Å²) in [6.07, 6.45) is 3.02. The SMILES string of the molecule is CCCNC(Cc1ccccn1)c1cc(F)c(F)c(F)c1. The second-order valence-electron chi connectivity index (χ2n) is 4.83. The molecule has 0 saturated carbocycles. The molecule has 1 heterocycles. The molecule has 1 aromatic carbocycles. The Balaban J connectivity index is 2.27. The van der Waals surface area contributed by atoms with Crippen molar-refractivity contribution in [1.82, 2.24) is 10.3 Å². The maximum atomic E-state index is 13.4. The minimum absolute atomic E-state index is 0.315. The van der Waals surface area contributed by atoms with E-state index in [-0.39, 0.29) is 6.04 Å². The molecule has 21 heavy (non-hydrogen) atoms. The van der Waals surface area contributed by atoms with E-state index in [0.717, 1.165) is 24.2 Å². The first-order valence-electron chi connectivity index (χ1n) is 6.89. The van der Waals surface area contributed by atoms with Gasteiger partial charge in [0.05, 0.1) is 0 Å². The molecule has 0 bridgehead atoms. The number of halogens is 3. The summed E-state index contributed by atoms with van der Waals surface area (Å²) in [5.74, 6) is -3.78. The highest BCUT2D eigenvalue weighted by Crippen LogP contribution is 2.22. The zero-order valence-corrected chi connectivity index (χ0v) is 11.7. The minimum atomic E-state index is -1.44. The van der Waals surface area contributed by atoms with Crippen LogP contribution in [-0.2, 0) is 6.42 Å². The third-order valence-electron chi connectivity index (χ3n) is 3.19. The van der Waals surface area contributed by atoms with Crippen LogP contribution in [0, 0.1) is 17.5 Å². The highest BCUT2D eigenvalue weighted by Gasteiger charge is 2.17. The van der Waals surface area contributed by atoms with Crippen LogP contribution in [0.15, 0.2) is 36.5 Å². The van der Waals surface area contributed by atoms with Crippen LogP contribution in [0.25, 0.3) is 0 Å². The van der Waals surface area contributed by atoms with Crippen LogP contribution in [0.1, 0.15) is 30.6 Å². The zero-order valence-electron chi connectivity index (χ0n) is 11.7. The molecular weight excluding hydrogens is 277 g/mol. The van der Waals surface area contributed by atoms with Crippen LogP contribution in [0.2, 0.25) is 0 Å². The molecule has 0 spiro atoms. The molecule has 0 aliphatic heterocycles. The average molecular weight is 294 g/mol. The quantitative estimate of drug-likeness (QED) is 0.820. The van der Waals surface area contributed by atoms with Crippen LogP contribution in [0.4, 0.5) is 13.2 Å². The summed E-state index contributed by atoms with van der Waals surface area (Å²) in [5, 5.41) is 3.21. The number of hydrogen-bond donors (Lipinski definition) is 1. The van der Waals surface area contributed by atoms with E-state index in [1.54, 1.807) is 12.3 Å². The summed E-state index contributed by atoms with van der Waals surface area (Å²) in [6, 6.07) is 7.25. The Morgan fingerprint density at radius 2 is 1.86 bits per heavy atom. The predicted octanol–water partition coefficient (Wildman–Crippen LogP) is 3.78. The van der Waals surface area contributed by atoms with E-state index in [9.17, 15) is 13.2 Å². The fraction of sp³-hybridized carbons (Fsp3) is 0.312. The minimum Gasteiger partial charge on any atom is -0.310 e. The molecule has 0 saturated heterocycles. The van der Waals surface area contributed by atoms with Crippen molar-refractivity contribution in [3.05, 3.63) is 65.2 Å². The van der Waals surface area contributed by atoms with Gasteiger partial charge in [-0.15, -0.1) is 0 Å². The zero-order chi connectivity index (χ0) is 15.2. The number of rotatable bonds is 6. The lowest BCUT2D eigenvalue weighted by Crippen LogP contribution is -2.25. The van der Waals surface area contributed by atoms with Crippen molar-refractivity contribution in [1.29, 1.82) is 0 Å². The number of pyridine rings is 1. The smallest absolute Gasteiger partial charge is 0.194 e. The number of nitrogens with zero attached hydrogens (tertiary/aromatic N) is 1. The van der Waals surface area contributed by atoms with E-state index < -0.39 is 17.5 Å². The predicted molar refractivity (Wildman–Crippen MR) is 75.3 cm³/mol. The molecule has 0 aliphatic carbocycles. The van der Waals surface area contributed by atoms with E-state index in [0.29, 0.717) is 18.5 Å². The lowest BCUT2D eigenvalue weighted by molar-refractivity contribution is 0.438. The van der Waals surface area contributed by atoms with E-state index in [2.05, 4.69) is 10.3 Å². The van der Waals surface area contributed by atoms with Gasteiger partial charge in [-0.25, -0.2) is 13.2 Å². The maximum Gasteiger partial charge on any atom is 0.194 e. The molecular formula is C16H17F3N2. The van der Waals surface area contributed by atoms with Gasteiger partial charge in [0.25, 0.3) is 0 Å². The molecule has 1 aromatic heterocycles. The number of aromatic nitrogens is 1. The average Bonchev–Trinajstić information content (AvgIpc) is 2.49. The molecule has 0 radical (unpaired) electrons. The van der Waals surface area contributed by atoms with Gasteiger partial charge in [0, 0.05) is 24.4 Å². The number of benzene rings is 1. The molecule has 2 rings (SSSR count). The summed E-state index contributed by atoms with van der Waals surface area (Å²) < 4.78 is 39.9. The summed E-state index contributed by atoms with van der Waals surface area (Å²) in [6.45, 7) is 2.69. The first-order valence-corrected chi connectivity index (χ1v) is 6.89. The van der Waals surface area contributed by atoms with Gasteiger partial charge >= 0.3 is 0 Å². The molecule has 1 atom stereocenters. The molecule has 1 N–H and O–H groups in total. The van der Waals surface area contributed by atoms with Gasteiger partial charge in [0.15, 0.2) is 17.5 Å². The standard InChI is InChI=1S/C16H17F3N2/c1-2-6-21-15(10-12-5-3-4-7-20-12)11-8-13(17)16(19)14(18)9-11/h3-5,7-9,15,21H,2,6,10H2,1H3. The van der Waals surface area contributed by atoms with E-state index in [1.165, 1.54) is 0 Å². The lowest BCUT2D eigenvalue weighted by Gasteiger charge is -2.19. The molecule has 2 aromatic rings. The van der Waals surface area contributed by atoms with Crippen molar-refractivity contribution in [2.24, 2.45) is 0 Å². The number of hydrogen-bond acceptors (Lipinski definition) is 2. The topological polar surface area (TPSA) is 24.9 Å².